The van der Waals surface area contributed by atoms with Gasteiger partial charge < -0.3 is 26.4 Å². The van der Waals surface area contributed by atoms with E-state index in [9.17, 15) is 9.59 Å². The largest absolute Gasteiger partial charge is 0.457 e. The zero-order valence-electron chi connectivity index (χ0n) is 23.9. The minimum atomic E-state index is -0.328. The number of nitrogens with two attached hydrogens (primary N) is 2. The third-order valence-corrected chi connectivity index (χ3v) is 7.80. The normalized spacial score (nSPS) is 14.4. The molecule has 6 rings (SSSR count). The summed E-state index contributed by atoms with van der Waals surface area (Å²) in [6.07, 6.45) is 5.78. The highest BCUT2D eigenvalue weighted by Gasteiger charge is 2.29. The monoisotopic (exact) mass is 607 g/mol. The molecule has 1 saturated heterocycles. The predicted molar refractivity (Wildman–Crippen MR) is 170 cm³/mol. The maximum Gasteiger partial charge on any atom is 0.255 e. The van der Waals surface area contributed by atoms with Gasteiger partial charge in [-0.25, -0.2) is 4.98 Å². The SMILES string of the molecule is Cn1cc(-c2cnc(N)c(C(=O)N[C@@H]3CCN(C(=O)c4ccc(-c5ccc(Oc6cccc(N)c6)cc5Cl)cc4)C3)c2)cn1. The molecule has 2 aromatic heterocycles. The van der Waals surface area contributed by atoms with E-state index < -0.39 is 0 Å². The van der Waals surface area contributed by atoms with Gasteiger partial charge in [-0.05, 0) is 54.4 Å². The fraction of sp³-hybridized carbons (Fsp3) is 0.152. The summed E-state index contributed by atoms with van der Waals surface area (Å²) in [6, 6.07) is 21.4. The lowest BCUT2D eigenvalue weighted by Gasteiger charge is -2.18. The molecule has 3 aromatic carbocycles. The minimum Gasteiger partial charge on any atom is -0.457 e. The van der Waals surface area contributed by atoms with Gasteiger partial charge in [-0.15, -0.1) is 0 Å². The van der Waals surface area contributed by atoms with Crippen molar-refractivity contribution in [1.82, 2.24) is 25.0 Å². The van der Waals surface area contributed by atoms with Crippen molar-refractivity contribution in [2.75, 3.05) is 24.6 Å². The number of hydrogen-bond acceptors (Lipinski definition) is 7. The highest BCUT2D eigenvalue weighted by Crippen LogP contribution is 2.33. The van der Waals surface area contributed by atoms with E-state index in [0.717, 1.165) is 22.3 Å². The highest BCUT2D eigenvalue weighted by atomic mass is 35.5. The van der Waals surface area contributed by atoms with Gasteiger partial charge in [0.2, 0.25) is 0 Å². The molecule has 5 N–H and O–H groups in total. The molecule has 222 valence electrons. The molecule has 0 aliphatic carbocycles. The van der Waals surface area contributed by atoms with Crippen LogP contribution in [0.1, 0.15) is 27.1 Å². The number of hydrogen-bond donors (Lipinski definition) is 3. The van der Waals surface area contributed by atoms with E-state index >= 15 is 0 Å². The molecule has 1 aliphatic rings. The number of carbonyl (C=O) groups excluding carboxylic acids is 2. The van der Waals surface area contributed by atoms with Crippen LogP contribution in [0.3, 0.4) is 0 Å². The van der Waals surface area contributed by atoms with Crippen LogP contribution in [0.15, 0.2) is 91.4 Å². The van der Waals surface area contributed by atoms with Crippen molar-refractivity contribution in [3.05, 3.63) is 108 Å². The zero-order valence-corrected chi connectivity index (χ0v) is 24.7. The van der Waals surface area contributed by atoms with Crippen LogP contribution in [-0.4, -0.2) is 50.6 Å². The Kier molecular flexibility index (Phi) is 7.91. The van der Waals surface area contributed by atoms with Crippen molar-refractivity contribution in [2.45, 2.75) is 12.5 Å². The topological polar surface area (TPSA) is 141 Å². The van der Waals surface area contributed by atoms with Crippen LogP contribution in [0.5, 0.6) is 11.5 Å². The third kappa shape index (κ3) is 6.20. The van der Waals surface area contributed by atoms with Crippen LogP contribution in [0.2, 0.25) is 5.02 Å². The molecule has 3 heterocycles. The fourth-order valence-corrected chi connectivity index (χ4v) is 5.47. The van der Waals surface area contributed by atoms with Gasteiger partial charge in [-0.1, -0.05) is 29.8 Å². The van der Waals surface area contributed by atoms with E-state index in [1.807, 2.05) is 49.6 Å². The number of amides is 2. The number of nitrogen functional groups attached to an aromatic ring is 2. The number of halogens is 1. The summed E-state index contributed by atoms with van der Waals surface area (Å²) in [4.78, 5) is 32.3. The molecular formula is C33H30ClN7O3. The van der Waals surface area contributed by atoms with Crippen molar-refractivity contribution < 1.29 is 14.3 Å². The third-order valence-electron chi connectivity index (χ3n) is 7.49. The van der Waals surface area contributed by atoms with Gasteiger partial charge in [-0.2, -0.15) is 5.10 Å². The van der Waals surface area contributed by atoms with Gasteiger partial charge in [0.25, 0.3) is 11.8 Å². The second kappa shape index (κ2) is 12.1. The number of rotatable bonds is 7. The summed E-state index contributed by atoms with van der Waals surface area (Å²) in [7, 11) is 1.82. The second-order valence-electron chi connectivity index (χ2n) is 10.7. The minimum absolute atomic E-state index is 0.106. The summed E-state index contributed by atoms with van der Waals surface area (Å²) in [6.45, 7) is 0.914. The molecule has 5 aromatic rings. The number of nitrogens with one attached hydrogen (secondary N) is 1. The average Bonchev–Trinajstić information content (AvgIpc) is 3.66. The number of ether oxygens (including phenoxy) is 1. The van der Waals surface area contributed by atoms with Crippen LogP contribution in [-0.2, 0) is 7.05 Å². The number of anilines is 2. The van der Waals surface area contributed by atoms with Crippen molar-refractivity contribution in [2.24, 2.45) is 7.05 Å². The Morgan fingerprint density at radius 2 is 1.75 bits per heavy atom. The molecule has 10 nitrogen and oxygen atoms in total. The van der Waals surface area contributed by atoms with E-state index in [-0.39, 0.29) is 29.2 Å². The molecule has 0 saturated carbocycles. The summed E-state index contributed by atoms with van der Waals surface area (Å²) in [5, 5.41) is 7.70. The Morgan fingerprint density at radius 1 is 0.955 bits per heavy atom. The standard InChI is InChI=1S/C33H30ClN7O3/c1-40-18-23(17-38-40)22-13-29(31(36)37-16-22)32(42)39-25-11-12-41(19-25)33(43)21-7-5-20(6-8-21)28-10-9-27(15-30(28)34)44-26-4-2-3-24(35)14-26/h2-10,13-18,25H,11-12,19,35H2,1H3,(H2,36,37)(H,39,42)/t25-/m1/s1. The average molecular weight is 608 g/mol. The first-order valence-corrected chi connectivity index (χ1v) is 14.4. The molecule has 1 aliphatic heterocycles. The van der Waals surface area contributed by atoms with Gasteiger partial charge in [-0.3, -0.25) is 14.3 Å². The van der Waals surface area contributed by atoms with Crippen LogP contribution >= 0.6 is 11.6 Å². The van der Waals surface area contributed by atoms with E-state index in [4.69, 9.17) is 27.8 Å². The Hall–Kier alpha value is -5.35. The first kappa shape index (κ1) is 28.8. The van der Waals surface area contributed by atoms with Crippen molar-refractivity contribution in [3.63, 3.8) is 0 Å². The molecule has 0 bridgehead atoms. The maximum atomic E-state index is 13.3. The summed E-state index contributed by atoms with van der Waals surface area (Å²) in [5.41, 5.74) is 16.6. The number of aryl methyl sites for hydroxylation is 1. The van der Waals surface area contributed by atoms with Gasteiger partial charge in [0.15, 0.2) is 0 Å². The summed E-state index contributed by atoms with van der Waals surface area (Å²) in [5.74, 6) is 0.920. The van der Waals surface area contributed by atoms with Crippen LogP contribution < -0.4 is 21.5 Å². The molecule has 1 fully saturated rings. The number of aromatic nitrogens is 3. The Morgan fingerprint density at radius 3 is 2.48 bits per heavy atom. The summed E-state index contributed by atoms with van der Waals surface area (Å²) >= 11 is 6.59. The highest BCUT2D eigenvalue weighted by molar-refractivity contribution is 6.33. The van der Waals surface area contributed by atoms with E-state index in [1.54, 1.807) is 58.4 Å². The molecule has 1 atom stereocenters. The molecule has 2 amide bonds. The van der Waals surface area contributed by atoms with Crippen LogP contribution in [0.25, 0.3) is 22.3 Å². The predicted octanol–water partition coefficient (Wildman–Crippen LogP) is 5.40. The molecule has 11 heteroatoms. The van der Waals surface area contributed by atoms with E-state index in [2.05, 4.69) is 15.4 Å². The number of carbonyl (C=O) groups is 2. The second-order valence-corrected chi connectivity index (χ2v) is 11.1. The molecule has 0 radical (unpaired) electrons. The molecule has 0 spiro atoms. The molecule has 44 heavy (non-hydrogen) atoms. The lowest BCUT2D eigenvalue weighted by atomic mass is 10.0. The lowest BCUT2D eigenvalue weighted by molar-refractivity contribution is 0.0783. The van der Waals surface area contributed by atoms with E-state index in [1.165, 1.54) is 0 Å². The van der Waals surface area contributed by atoms with E-state index in [0.29, 0.717) is 47.3 Å². The smallest absolute Gasteiger partial charge is 0.255 e. The van der Waals surface area contributed by atoms with Gasteiger partial charge in [0.05, 0.1) is 16.8 Å². The molecular weight excluding hydrogens is 578 g/mol. The molecule has 0 unspecified atom stereocenters. The van der Waals surface area contributed by atoms with Gasteiger partial charge >= 0.3 is 0 Å². The van der Waals surface area contributed by atoms with Gasteiger partial charge in [0, 0.05) is 78.6 Å². The Bertz CT molecular complexity index is 1850. The Labute approximate surface area is 259 Å². The van der Waals surface area contributed by atoms with Crippen molar-refractivity contribution in [3.8, 4) is 33.8 Å². The lowest BCUT2D eigenvalue weighted by Crippen LogP contribution is -2.38. The first-order valence-electron chi connectivity index (χ1n) is 14.0. The number of pyridine rings is 1. The quantitative estimate of drug-likeness (QED) is 0.210. The number of benzene rings is 3. The van der Waals surface area contributed by atoms with Crippen molar-refractivity contribution >= 4 is 34.9 Å². The van der Waals surface area contributed by atoms with Gasteiger partial charge in [0.1, 0.15) is 17.3 Å². The van der Waals surface area contributed by atoms with Crippen LogP contribution in [0.4, 0.5) is 11.5 Å². The summed E-state index contributed by atoms with van der Waals surface area (Å²) < 4.78 is 7.55. The Balaban J connectivity index is 1.08. The fourth-order valence-electron chi connectivity index (χ4n) is 5.19. The van der Waals surface area contributed by atoms with Crippen molar-refractivity contribution in [1.29, 1.82) is 0 Å². The first-order chi connectivity index (χ1) is 21.2. The van der Waals surface area contributed by atoms with Crippen LogP contribution in [0, 0.1) is 0 Å². The number of nitrogens with zero attached hydrogens (tertiary/aromatic N) is 4. The maximum absolute atomic E-state index is 13.3. The number of likely N-dealkylation sites (tertiary alicyclic amines) is 1. The zero-order chi connectivity index (χ0) is 30.8.